The lowest BCUT2D eigenvalue weighted by molar-refractivity contribution is -0.139. The van der Waals surface area contributed by atoms with Crippen molar-refractivity contribution in [2.45, 2.75) is 12.8 Å². The second-order valence-corrected chi connectivity index (χ2v) is 7.16. The Kier molecular flexibility index (Phi) is 6.49. The van der Waals surface area contributed by atoms with Crippen LogP contribution in [-0.2, 0) is 19.1 Å². The molecule has 0 spiro atoms. The Labute approximate surface area is 189 Å². The van der Waals surface area contributed by atoms with Crippen molar-refractivity contribution >= 4 is 23.6 Å². The number of aromatic carboxylic acids is 1. The summed E-state index contributed by atoms with van der Waals surface area (Å²) in [7, 11) is 2.26. The van der Waals surface area contributed by atoms with Gasteiger partial charge in [-0.15, -0.1) is 0 Å². The number of carboxylic acid groups (broad SMARTS) is 1. The molecule has 3 N–H and O–H groups in total. The average Bonchev–Trinajstić information content (AvgIpc) is 2.82. The molecule has 1 heterocycles. The molecule has 1 unspecified atom stereocenters. The molecule has 1 atom stereocenters. The zero-order valence-electron chi connectivity index (χ0n) is 18.2. The molecule has 168 valence electrons. The van der Waals surface area contributed by atoms with Crippen LogP contribution < -0.4 is 10.6 Å². The number of carbonyl (C=O) groups is 3. The van der Waals surface area contributed by atoms with Crippen molar-refractivity contribution in [1.29, 1.82) is 5.26 Å². The van der Waals surface area contributed by atoms with Crippen molar-refractivity contribution in [3.63, 3.8) is 0 Å². The molecule has 0 aromatic heterocycles. The molecule has 2 aromatic carbocycles. The highest BCUT2D eigenvalue weighted by atomic mass is 16.5. The van der Waals surface area contributed by atoms with E-state index < -0.39 is 23.8 Å². The van der Waals surface area contributed by atoms with E-state index in [1.165, 1.54) is 12.1 Å². The molecule has 0 saturated carbocycles. The molecule has 1 aliphatic rings. The number of hydrogen-bond acceptors (Lipinski definition) is 8. The summed E-state index contributed by atoms with van der Waals surface area (Å²) < 4.78 is 9.89. The van der Waals surface area contributed by atoms with E-state index in [0.29, 0.717) is 11.1 Å². The van der Waals surface area contributed by atoms with Crippen LogP contribution in [-0.4, -0.2) is 37.2 Å². The third-order valence-corrected chi connectivity index (χ3v) is 5.23. The number of methoxy groups -OCH3 is 2. The molecule has 9 nitrogen and oxygen atoms in total. The average molecular weight is 447 g/mol. The monoisotopic (exact) mass is 447 g/mol. The maximum Gasteiger partial charge on any atom is 0.355 e. The first kappa shape index (κ1) is 23.1. The van der Waals surface area contributed by atoms with Gasteiger partial charge in [0, 0.05) is 0 Å². The van der Waals surface area contributed by atoms with Gasteiger partial charge in [-0.25, -0.2) is 14.4 Å². The van der Waals surface area contributed by atoms with Crippen LogP contribution in [0.3, 0.4) is 0 Å². The molecule has 0 radical (unpaired) electrons. The quantitative estimate of drug-likeness (QED) is 0.661. The van der Waals surface area contributed by atoms with Gasteiger partial charge >= 0.3 is 17.9 Å². The molecular weight excluding hydrogens is 426 g/mol. The number of benzene rings is 2. The number of nitriles is 1. The summed E-state index contributed by atoms with van der Waals surface area (Å²) in [6, 6.07) is 15.0. The second-order valence-electron chi connectivity index (χ2n) is 7.16. The van der Waals surface area contributed by atoms with E-state index in [4.69, 9.17) is 15.2 Å². The van der Waals surface area contributed by atoms with E-state index in [1.807, 2.05) is 6.07 Å². The number of nitrogens with two attached hydrogens (primary N) is 1. The van der Waals surface area contributed by atoms with E-state index >= 15 is 0 Å². The fourth-order valence-electron chi connectivity index (χ4n) is 3.78. The van der Waals surface area contributed by atoms with E-state index in [0.717, 1.165) is 19.1 Å². The molecule has 3 rings (SSSR count). The summed E-state index contributed by atoms with van der Waals surface area (Å²) in [5.74, 6) is -4.36. The Bertz CT molecular complexity index is 1240. The van der Waals surface area contributed by atoms with Crippen molar-refractivity contribution in [2.75, 3.05) is 19.1 Å². The van der Waals surface area contributed by atoms with Crippen LogP contribution >= 0.6 is 0 Å². The van der Waals surface area contributed by atoms with Crippen molar-refractivity contribution < 1.29 is 29.0 Å². The minimum atomic E-state index is -1.28. The summed E-state index contributed by atoms with van der Waals surface area (Å²) >= 11 is 0. The number of rotatable bonds is 5. The zero-order chi connectivity index (χ0) is 24.3. The van der Waals surface area contributed by atoms with Crippen LogP contribution in [0.15, 0.2) is 71.2 Å². The highest BCUT2D eigenvalue weighted by Crippen LogP contribution is 2.43. The Morgan fingerprint density at radius 1 is 1.06 bits per heavy atom. The predicted molar refractivity (Wildman–Crippen MR) is 118 cm³/mol. The van der Waals surface area contributed by atoms with Crippen LogP contribution in [0, 0.1) is 18.3 Å². The Morgan fingerprint density at radius 2 is 1.70 bits per heavy atom. The Morgan fingerprint density at radius 3 is 2.24 bits per heavy atom. The normalized spacial score (nSPS) is 15.7. The molecule has 9 heteroatoms. The number of esters is 2. The maximum atomic E-state index is 13.0. The third-order valence-electron chi connectivity index (χ3n) is 5.23. The fourth-order valence-corrected chi connectivity index (χ4v) is 3.78. The topological polar surface area (TPSA) is 143 Å². The van der Waals surface area contributed by atoms with Gasteiger partial charge in [0.15, 0.2) is 0 Å². The number of carbonyl (C=O) groups excluding carboxylic acids is 2. The Hall–Kier alpha value is -4.58. The molecule has 1 aliphatic heterocycles. The van der Waals surface area contributed by atoms with E-state index in [2.05, 4.69) is 0 Å². The molecule has 33 heavy (non-hydrogen) atoms. The van der Waals surface area contributed by atoms with Gasteiger partial charge in [0.25, 0.3) is 0 Å². The molecular formula is C24H21N3O6. The highest BCUT2D eigenvalue weighted by molar-refractivity contribution is 6.08. The van der Waals surface area contributed by atoms with E-state index in [-0.39, 0.29) is 33.9 Å². The van der Waals surface area contributed by atoms with Gasteiger partial charge in [-0.2, -0.15) is 5.26 Å². The van der Waals surface area contributed by atoms with Gasteiger partial charge in [0.2, 0.25) is 0 Å². The first-order valence-electron chi connectivity index (χ1n) is 9.76. The summed E-state index contributed by atoms with van der Waals surface area (Å²) in [5, 5.41) is 19.8. The van der Waals surface area contributed by atoms with Gasteiger partial charge in [-0.1, -0.05) is 42.0 Å². The van der Waals surface area contributed by atoms with Crippen LogP contribution in [0.4, 0.5) is 5.69 Å². The van der Waals surface area contributed by atoms with Crippen LogP contribution in [0.1, 0.15) is 27.4 Å². The number of carboxylic acids is 1. The Balaban J connectivity index is 2.48. The molecule has 2 aromatic rings. The molecule has 0 aliphatic carbocycles. The predicted octanol–water partition coefficient (Wildman–Crippen LogP) is 2.59. The third kappa shape index (κ3) is 4.02. The molecule has 0 bridgehead atoms. The number of ether oxygens (including phenoxy) is 2. The number of hydrogen-bond donors (Lipinski definition) is 2. The minimum Gasteiger partial charge on any atom is -0.478 e. The first-order chi connectivity index (χ1) is 15.8. The standard InChI is InChI=1S/C24H21N3O6/c1-13-9-10-17(15(11-13)22(28)29)27-20(24(31)33-3)19(23(30)32-2)18(16(12-25)21(27)26)14-7-5-4-6-8-14/h4-11,18H,26H2,1-3H3,(H,28,29). The SMILES string of the molecule is COC(=O)C1=C(C(=O)OC)N(c2ccc(C)cc2C(=O)O)C(N)=C(C#N)C1c1ccccc1. The van der Waals surface area contributed by atoms with Gasteiger partial charge < -0.3 is 20.3 Å². The summed E-state index contributed by atoms with van der Waals surface area (Å²) in [6.45, 7) is 1.70. The fraction of sp³-hybridized carbons (Fsp3) is 0.167. The molecule has 0 fully saturated rings. The number of anilines is 1. The number of allylic oxidation sites excluding steroid dienone is 1. The van der Waals surface area contributed by atoms with Gasteiger partial charge in [-0.05, 0) is 24.6 Å². The van der Waals surface area contributed by atoms with E-state index in [1.54, 1.807) is 43.3 Å². The number of aryl methyl sites for hydroxylation is 1. The summed E-state index contributed by atoms with van der Waals surface area (Å²) in [5.41, 5.74) is 6.78. The zero-order valence-corrected chi connectivity index (χ0v) is 18.2. The van der Waals surface area contributed by atoms with Gasteiger partial charge in [0.05, 0.1) is 48.6 Å². The summed E-state index contributed by atoms with van der Waals surface area (Å²) in [4.78, 5) is 39.1. The van der Waals surface area contributed by atoms with Crippen LogP contribution in [0.5, 0.6) is 0 Å². The van der Waals surface area contributed by atoms with Gasteiger partial charge in [-0.3, -0.25) is 4.90 Å². The lowest BCUT2D eigenvalue weighted by Gasteiger charge is -2.36. The van der Waals surface area contributed by atoms with Crippen LogP contribution in [0.2, 0.25) is 0 Å². The lowest BCUT2D eigenvalue weighted by atomic mass is 9.80. The highest BCUT2D eigenvalue weighted by Gasteiger charge is 2.43. The van der Waals surface area contributed by atoms with Crippen molar-refractivity contribution in [2.24, 2.45) is 5.73 Å². The maximum absolute atomic E-state index is 13.0. The minimum absolute atomic E-state index is 0.00772. The first-order valence-corrected chi connectivity index (χ1v) is 9.76. The summed E-state index contributed by atoms with van der Waals surface area (Å²) in [6.07, 6.45) is 0. The van der Waals surface area contributed by atoms with Gasteiger partial charge in [0.1, 0.15) is 11.5 Å². The largest absolute Gasteiger partial charge is 0.478 e. The molecule has 0 amide bonds. The molecule has 0 saturated heterocycles. The lowest BCUT2D eigenvalue weighted by Crippen LogP contribution is -2.41. The van der Waals surface area contributed by atoms with Crippen molar-refractivity contribution in [3.05, 3.63) is 87.9 Å². The van der Waals surface area contributed by atoms with Crippen molar-refractivity contribution in [3.8, 4) is 6.07 Å². The second kappa shape index (κ2) is 9.28. The number of nitrogens with zero attached hydrogens (tertiary/aromatic N) is 2. The van der Waals surface area contributed by atoms with Crippen molar-refractivity contribution in [1.82, 2.24) is 0 Å². The van der Waals surface area contributed by atoms with Crippen LogP contribution in [0.25, 0.3) is 0 Å². The van der Waals surface area contributed by atoms with E-state index in [9.17, 15) is 24.8 Å². The smallest absolute Gasteiger partial charge is 0.355 e.